The van der Waals surface area contributed by atoms with Crippen LogP contribution in [0.3, 0.4) is 0 Å². The van der Waals surface area contributed by atoms with Crippen LogP contribution in [0, 0.1) is 17.0 Å². The van der Waals surface area contributed by atoms with E-state index in [1.54, 1.807) is 5.32 Å². The smallest absolute Gasteiger partial charge is 0.434 e. The molecule has 12 heteroatoms. The monoisotopic (exact) mass is 430 g/mol. The predicted octanol–water partition coefficient (Wildman–Crippen LogP) is 2.73. The molecule has 7 nitrogen and oxygen atoms in total. The van der Waals surface area contributed by atoms with Crippen LogP contribution >= 0.6 is 0 Å². The summed E-state index contributed by atoms with van der Waals surface area (Å²) in [6.45, 7) is 0.241. The third-order valence-corrected chi connectivity index (χ3v) is 3.84. The number of halogens is 5. The van der Waals surface area contributed by atoms with Gasteiger partial charge in [0, 0.05) is 11.3 Å². The Kier molecular flexibility index (Phi) is 6.41. The number of nitrogens with two attached hydrogens (primary N) is 1. The number of hydrogen-bond acceptors (Lipinski definition) is 6. The number of allylic oxidation sites excluding steroid dienone is 2. The number of benzene rings is 1. The highest BCUT2D eigenvalue weighted by Gasteiger charge is 2.38. The highest BCUT2D eigenvalue weighted by atomic mass is 19.4. The van der Waals surface area contributed by atoms with E-state index in [4.69, 9.17) is 16.2 Å². The number of nitrogens with zero attached hydrogens (tertiary/aromatic N) is 1. The van der Waals surface area contributed by atoms with Crippen molar-refractivity contribution < 1.29 is 37.0 Å². The second kappa shape index (κ2) is 8.45. The molecule has 0 saturated carbocycles. The molecule has 0 fully saturated rings. The lowest BCUT2D eigenvalue weighted by atomic mass is 10.0. The second-order valence-electron chi connectivity index (χ2n) is 6.02. The van der Waals surface area contributed by atoms with E-state index in [2.05, 4.69) is 4.98 Å². The van der Waals surface area contributed by atoms with Crippen LogP contribution < -0.4 is 11.1 Å². The minimum absolute atomic E-state index is 0.169. The number of nitrogens with one attached hydrogen (secondary N) is 2. The van der Waals surface area contributed by atoms with Gasteiger partial charge in [0.05, 0.1) is 23.6 Å². The van der Waals surface area contributed by atoms with E-state index in [-0.39, 0.29) is 17.0 Å². The summed E-state index contributed by atoms with van der Waals surface area (Å²) in [5, 5.41) is 28.0. The first-order valence-corrected chi connectivity index (χ1v) is 8.09. The van der Waals surface area contributed by atoms with Crippen molar-refractivity contribution >= 4 is 11.6 Å². The highest BCUT2D eigenvalue weighted by molar-refractivity contribution is 6.08. The van der Waals surface area contributed by atoms with Crippen molar-refractivity contribution in [3.8, 4) is 17.0 Å². The molecule has 0 spiro atoms. The molecule has 0 saturated heterocycles. The number of alkyl halides is 3. The zero-order valence-electron chi connectivity index (χ0n) is 15.2. The Hall–Kier alpha value is -3.54. The second-order valence-corrected chi connectivity index (χ2v) is 6.02. The maximum atomic E-state index is 14.5. The van der Waals surface area contributed by atoms with Gasteiger partial charge in [-0.25, -0.2) is 13.8 Å². The van der Waals surface area contributed by atoms with E-state index >= 15 is 0 Å². The molecule has 160 valence electrons. The Balaban J connectivity index is 2.43. The quantitative estimate of drug-likeness (QED) is 0.368. The molecular weight excluding hydrogens is 415 g/mol. The number of aromatic nitrogens is 1. The minimum Gasteiger partial charge on any atom is -0.507 e. The molecule has 1 aromatic heterocycles. The van der Waals surface area contributed by atoms with E-state index in [0.29, 0.717) is 6.07 Å². The van der Waals surface area contributed by atoms with Gasteiger partial charge in [0.25, 0.3) is 5.91 Å². The summed E-state index contributed by atoms with van der Waals surface area (Å²) in [6, 6.07) is 3.27. The molecule has 0 aliphatic carbocycles. The Morgan fingerprint density at radius 1 is 1.23 bits per heavy atom. The summed E-state index contributed by atoms with van der Waals surface area (Å²) >= 11 is 0. The van der Waals surface area contributed by atoms with E-state index < -0.39 is 58.7 Å². The third-order valence-electron chi connectivity index (χ3n) is 3.84. The van der Waals surface area contributed by atoms with E-state index in [1.807, 2.05) is 0 Å². The summed E-state index contributed by atoms with van der Waals surface area (Å²) in [4.78, 5) is 16.0. The van der Waals surface area contributed by atoms with Gasteiger partial charge >= 0.3 is 6.18 Å². The fourth-order valence-electron chi connectivity index (χ4n) is 2.37. The van der Waals surface area contributed by atoms with Gasteiger partial charge < -0.3 is 21.3 Å². The number of phenolic OH excluding ortho intramolecular Hbond substituents is 1. The van der Waals surface area contributed by atoms with E-state index in [0.717, 1.165) is 25.1 Å². The first-order chi connectivity index (χ1) is 13.9. The standard InChI is InChI=1S/C18H15F5N4O3/c1-7(24)15(16(25)18(21,22)23)27-17(30)9-4-11(20)8(5-14(9)29)12-3-2-10(19)13(6-28)26-12/h2-5,25,28-29H,6,24H2,1H3,(H,27,30). The molecule has 6 N–H and O–H groups in total. The van der Waals surface area contributed by atoms with Gasteiger partial charge in [0.15, 0.2) is 5.71 Å². The minimum atomic E-state index is -5.11. The van der Waals surface area contributed by atoms with Gasteiger partial charge in [-0.15, -0.1) is 0 Å². The summed E-state index contributed by atoms with van der Waals surface area (Å²) < 4.78 is 66.2. The number of aromatic hydroxyl groups is 1. The third kappa shape index (κ3) is 4.71. The number of aliphatic hydroxyl groups is 1. The normalized spacial score (nSPS) is 12.4. The van der Waals surface area contributed by atoms with Crippen molar-refractivity contribution in [3.05, 3.63) is 58.6 Å². The SMILES string of the molecule is CC(N)=C(NC(=O)c1cc(F)c(-c2ccc(F)c(CO)n2)cc1O)C(=N)C(F)(F)F. The van der Waals surface area contributed by atoms with Crippen LogP contribution in [0.5, 0.6) is 5.75 Å². The number of pyridine rings is 1. The molecule has 2 rings (SSSR count). The molecule has 0 aliphatic heterocycles. The Labute approximate surface area is 166 Å². The summed E-state index contributed by atoms with van der Waals surface area (Å²) in [6.07, 6.45) is -5.11. The molecule has 30 heavy (non-hydrogen) atoms. The van der Waals surface area contributed by atoms with E-state index in [9.17, 15) is 31.9 Å². The van der Waals surface area contributed by atoms with Crippen molar-refractivity contribution in [2.75, 3.05) is 0 Å². The summed E-state index contributed by atoms with van der Waals surface area (Å²) in [7, 11) is 0. The molecule has 0 aliphatic rings. The van der Waals surface area contributed by atoms with Crippen molar-refractivity contribution in [2.24, 2.45) is 5.73 Å². The van der Waals surface area contributed by atoms with Gasteiger partial charge in [-0.05, 0) is 31.2 Å². The first kappa shape index (κ1) is 22.7. The molecule has 1 aromatic carbocycles. The van der Waals surface area contributed by atoms with Crippen LogP contribution in [0.1, 0.15) is 23.0 Å². The first-order valence-electron chi connectivity index (χ1n) is 8.09. The fourth-order valence-corrected chi connectivity index (χ4v) is 2.37. The average Bonchev–Trinajstić information content (AvgIpc) is 2.66. The van der Waals surface area contributed by atoms with Crippen LogP contribution in [-0.2, 0) is 6.61 Å². The van der Waals surface area contributed by atoms with Crippen LogP contribution in [0.25, 0.3) is 11.3 Å². The number of carbonyl (C=O) groups is 1. The molecule has 0 radical (unpaired) electrons. The maximum Gasteiger partial charge on any atom is 0.434 e. The fraction of sp³-hybridized carbons (Fsp3) is 0.167. The molecular formula is C18H15F5N4O3. The molecule has 1 amide bonds. The Morgan fingerprint density at radius 3 is 2.40 bits per heavy atom. The zero-order chi connectivity index (χ0) is 22.8. The largest absolute Gasteiger partial charge is 0.507 e. The maximum absolute atomic E-state index is 14.5. The van der Waals surface area contributed by atoms with Gasteiger partial charge in [0.2, 0.25) is 0 Å². The van der Waals surface area contributed by atoms with Gasteiger partial charge in [-0.2, -0.15) is 13.2 Å². The molecule has 2 aromatic rings. The van der Waals surface area contributed by atoms with Crippen molar-refractivity contribution in [3.63, 3.8) is 0 Å². The van der Waals surface area contributed by atoms with E-state index in [1.165, 1.54) is 0 Å². The number of hydrogen-bond donors (Lipinski definition) is 5. The lowest BCUT2D eigenvalue weighted by Crippen LogP contribution is -2.36. The Bertz CT molecular complexity index is 1050. The summed E-state index contributed by atoms with van der Waals surface area (Å²) in [5.74, 6) is -4.13. The van der Waals surface area contributed by atoms with Gasteiger partial charge in [0.1, 0.15) is 23.1 Å². The van der Waals surface area contributed by atoms with Crippen LogP contribution in [0.15, 0.2) is 35.7 Å². The molecule has 1 heterocycles. The van der Waals surface area contributed by atoms with Crippen molar-refractivity contribution in [1.29, 1.82) is 5.41 Å². The van der Waals surface area contributed by atoms with Gasteiger partial charge in [-0.1, -0.05) is 0 Å². The number of phenols is 1. The topological polar surface area (TPSA) is 132 Å². The highest BCUT2D eigenvalue weighted by Crippen LogP contribution is 2.30. The molecule has 0 atom stereocenters. The number of aliphatic hydroxyl groups excluding tert-OH is 1. The zero-order valence-corrected chi connectivity index (χ0v) is 15.2. The predicted molar refractivity (Wildman–Crippen MR) is 95.3 cm³/mol. The molecule has 0 bridgehead atoms. The van der Waals surface area contributed by atoms with Crippen LogP contribution in [0.2, 0.25) is 0 Å². The average molecular weight is 430 g/mol. The Morgan fingerprint density at radius 2 is 1.87 bits per heavy atom. The lowest BCUT2D eigenvalue weighted by Gasteiger charge is -2.16. The summed E-state index contributed by atoms with van der Waals surface area (Å²) in [5.41, 5.74) is 0.134. The van der Waals surface area contributed by atoms with Crippen molar-refractivity contribution in [1.82, 2.24) is 10.3 Å². The van der Waals surface area contributed by atoms with Crippen LogP contribution in [-0.4, -0.2) is 33.0 Å². The van der Waals surface area contributed by atoms with Gasteiger partial charge in [-0.3, -0.25) is 10.2 Å². The number of rotatable bonds is 5. The van der Waals surface area contributed by atoms with Crippen LogP contribution in [0.4, 0.5) is 22.0 Å². The van der Waals surface area contributed by atoms with Crippen molar-refractivity contribution in [2.45, 2.75) is 19.7 Å². The number of carbonyl (C=O) groups excluding carboxylic acids is 1. The number of amides is 1. The lowest BCUT2D eigenvalue weighted by molar-refractivity contribution is -0.0592. The molecule has 0 unspecified atom stereocenters.